The highest BCUT2D eigenvalue weighted by Crippen LogP contribution is 2.28. The maximum atomic E-state index is 5.77. The number of aromatic nitrogens is 2. The third-order valence-electron chi connectivity index (χ3n) is 3.56. The number of hydrogen-bond acceptors (Lipinski definition) is 6. The van der Waals surface area contributed by atoms with Crippen molar-refractivity contribution in [1.29, 1.82) is 0 Å². The summed E-state index contributed by atoms with van der Waals surface area (Å²) in [7, 11) is 1.60. The third-order valence-corrected chi connectivity index (χ3v) is 3.56. The number of anilines is 1. The van der Waals surface area contributed by atoms with Crippen molar-refractivity contribution in [2.45, 2.75) is 25.0 Å². The third kappa shape index (κ3) is 3.33. The van der Waals surface area contributed by atoms with Gasteiger partial charge >= 0.3 is 0 Å². The van der Waals surface area contributed by atoms with E-state index >= 15 is 0 Å². The van der Waals surface area contributed by atoms with Gasteiger partial charge in [-0.3, -0.25) is 4.90 Å². The largest absolute Gasteiger partial charge is 0.481 e. The molecule has 1 saturated heterocycles. The van der Waals surface area contributed by atoms with Crippen molar-refractivity contribution < 1.29 is 9.47 Å². The van der Waals surface area contributed by atoms with Crippen LogP contribution in [-0.2, 0) is 4.74 Å². The number of morpholine rings is 1. The summed E-state index contributed by atoms with van der Waals surface area (Å²) in [5.41, 5.74) is 0. The van der Waals surface area contributed by atoms with Crippen LogP contribution < -0.4 is 10.1 Å². The first kappa shape index (κ1) is 12.6. The van der Waals surface area contributed by atoms with E-state index in [2.05, 4.69) is 20.2 Å². The highest BCUT2D eigenvalue weighted by Gasteiger charge is 2.32. The van der Waals surface area contributed by atoms with Crippen molar-refractivity contribution in [2.75, 3.05) is 38.7 Å². The number of nitrogens with zero attached hydrogens (tertiary/aromatic N) is 3. The Labute approximate surface area is 113 Å². The van der Waals surface area contributed by atoms with E-state index in [-0.39, 0.29) is 6.10 Å². The van der Waals surface area contributed by atoms with Gasteiger partial charge in [-0.15, -0.1) is 0 Å². The molecule has 6 nitrogen and oxygen atoms in total. The van der Waals surface area contributed by atoms with Gasteiger partial charge in [0, 0.05) is 37.9 Å². The topological polar surface area (TPSA) is 59.5 Å². The fourth-order valence-corrected chi connectivity index (χ4v) is 2.38. The Balaban J connectivity index is 1.50. The molecule has 104 valence electrons. The average Bonchev–Trinajstić information content (AvgIpc) is 3.30. The molecule has 1 atom stereocenters. The molecule has 6 heteroatoms. The molecule has 2 fully saturated rings. The minimum absolute atomic E-state index is 0.212. The van der Waals surface area contributed by atoms with Crippen LogP contribution in [0.5, 0.6) is 5.88 Å². The molecule has 1 aromatic heterocycles. The first-order valence-electron chi connectivity index (χ1n) is 6.81. The fourth-order valence-electron chi connectivity index (χ4n) is 2.38. The van der Waals surface area contributed by atoms with Gasteiger partial charge in [0.1, 0.15) is 0 Å². The summed E-state index contributed by atoms with van der Waals surface area (Å²) in [6, 6.07) is 2.54. The Morgan fingerprint density at radius 1 is 1.53 bits per heavy atom. The molecule has 3 rings (SSSR count). The molecule has 0 bridgehead atoms. The molecule has 0 amide bonds. The zero-order valence-electron chi connectivity index (χ0n) is 11.2. The summed E-state index contributed by atoms with van der Waals surface area (Å²) in [6.07, 6.45) is 4.59. The maximum absolute atomic E-state index is 5.77. The lowest BCUT2D eigenvalue weighted by Crippen LogP contribution is -2.46. The van der Waals surface area contributed by atoms with E-state index in [1.165, 1.54) is 12.8 Å². The normalized spacial score (nSPS) is 24.2. The molecular weight excluding hydrogens is 244 g/mol. The number of methoxy groups -OCH3 is 1. The van der Waals surface area contributed by atoms with E-state index in [1.807, 2.05) is 0 Å². The van der Waals surface area contributed by atoms with Gasteiger partial charge in [-0.05, 0) is 12.8 Å². The lowest BCUT2D eigenvalue weighted by Gasteiger charge is -2.33. The Kier molecular flexibility index (Phi) is 3.79. The number of ether oxygens (including phenoxy) is 2. The van der Waals surface area contributed by atoms with Crippen molar-refractivity contribution in [1.82, 2.24) is 14.9 Å². The Morgan fingerprint density at radius 3 is 3.21 bits per heavy atom. The van der Waals surface area contributed by atoms with Gasteiger partial charge < -0.3 is 14.8 Å². The van der Waals surface area contributed by atoms with E-state index < -0.39 is 0 Å². The van der Waals surface area contributed by atoms with Gasteiger partial charge in [-0.2, -0.15) is 4.98 Å². The summed E-state index contributed by atoms with van der Waals surface area (Å²) in [5.74, 6) is 1.16. The first-order valence-corrected chi connectivity index (χ1v) is 6.81. The SMILES string of the molecule is COc1ccnc(NC[C@@H]2CN(C3CC3)CCO2)n1. The number of hydrogen-bond donors (Lipinski definition) is 1. The minimum atomic E-state index is 0.212. The molecule has 0 radical (unpaired) electrons. The first-order chi connectivity index (χ1) is 9.35. The molecule has 0 unspecified atom stereocenters. The van der Waals surface area contributed by atoms with Crippen LogP contribution in [0, 0.1) is 0 Å². The highest BCUT2D eigenvalue weighted by atomic mass is 16.5. The van der Waals surface area contributed by atoms with Crippen LogP contribution in [0.25, 0.3) is 0 Å². The smallest absolute Gasteiger partial charge is 0.226 e. The maximum Gasteiger partial charge on any atom is 0.226 e. The van der Waals surface area contributed by atoms with Crippen LogP contribution in [-0.4, -0.2) is 60.4 Å². The summed E-state index contributed by atoms with van der Waals surface area (Å²) < 4.78 is 10.8. The van der Waals surface area contributed by atoms with Crippen LogP contribution in [0.1, 0.15) is 12.8 Å². The van der Waals surface area contributed by atoms with E-state index in [4.69, 9.17) is 9.47 Å². The Hall–Kier alpha value is -1.40. The predicted octanol–water partition coefficient (Wildman–Crippen LogP) is 0.760. The van der Waals surface area contributed by atoms with Crippen molar-refractivity contribution in [2.24, 2.45) is 0 Å². The molecule has 0 spiro atoms. The Bertz CT molecular complexity index is 425. The van der Waals surface area contributed by atoms with Crippen LogP contribution >= 0.6 is 0 Å². The van der Waals surface area contributed by atoms with Gasteiger partial charge in [0.25, 0.3) is 0 Å². The lowest BCUT2D eigenvalue weighted by atomic mass is 10.2. The molecule has 1 N–H and O–H groups in total. The standard InChI is InChI=1S/C13H20N4O2/c1-18-12-4-5-14-13(16-12)15-8-11-9-17(6-7-19-11)10-2-3-10/h4-5,10-11H,2-3,6-9H2,1H3,(H,14,15,16)/t11-/m1/s1. The van der Waals surface area contributed by atoms with E-state index in [0.717, 1.165) is 32.3 Å². The van der Waals surface area contributed by atoms with Crippen molar-refractivity contribution in [3.8, 4) is 5.88 Å². The van der Waals surface area contributed by atoms with E-state index in [9.17, 15) is 0 Å². The van der Waals surface area contributed by atoms with Crippen LogP contribution in [0.4, 0.5) is 5.95 Å². The minimum Gasteiger partial charge on any atom is -0.481 e. The second-order valence-corrected chi connectivity index (χ2v) is 5.02. The zero-order chi connectivity index (χ0) is 13.1. The Morgan fingerprint density at radius 2 is 2.42 bits per heavy atom. The van der Waals surface area contributed by atoms with Gasteiger partial charge in [0.15, 0.2) is 0 Å². The summed E-state index contributed by atoms with van der Waals surface area (Å²) >= 11 is 0. The molecule has 1 aliphatic carbocycles. The van der Waals surface area contributed by atoms with Crippen molar-refractivity contribution in [3.63, 3.8) is 0 Å². The number of nitrogens with one attached hydrogen (secondary N) is 1. The van der Waals surface area contributed by atoms with Gasteiger partial charge in [-0.25, -0.2) is 4.98 Å². The van der Waals surface area contributed by atoms with Gasteiger partial charge in [0.05, 0.1) is 19.8 Å². The van der Waals surface area contributed by atoms with Gasteiger partial charge in [-0.1, -0.05) is 0 Å². The van der Waals surface area contributed by atoms with Crippen molar-refractivity contribution >= 4 is 5.95 Å². The monoisotopic (exact) mass is 264 g/mol. The predicted molar refractivity (Wildman–Crippen MR) is 71.4 cm³/mol. The van der Waals surface area contributed by atoms with Gasteiger partial charge in [0.2, 0.25) is 11.8 Å². The van der Waals surface area contributed by atoms with E-state index in [0.29, 0.717) is 11.8 Å². The molecule has 1 aromatic rings. The fraction of sp³-hybridized carbons (Fsp3) is 0.692. The van der Waals surface area contributed by atoms with Crippen LogP contribution in [0.3, 0.4) is 0 Å². The molecule has 1 saturated carbocycles. The molecule has 2 heterocycles. The average molecular weight is 264 g/mol. The summed E-state index contributed by atoms with van der Waals surface area (Å²) in [6.45, 7) is 3.62. The quantitative estimate of drug-likeness (QED) is 0.847. The van der Waals surface area contributed by atoms with Crippen LogP contribution in [0.15, 0.2) is 12.3 Å². The summed E-state index contributed by atoms with van der Waals surface area (Å²) in [5, 5.41) is 3.22. The second-order valence-electron chi connectivity index (χ2n) is 5.02. The lowest BCUT2D eigenvalue weighted by molar-refractivity contribution is -0.0242. The van der Waals surface area contributed by atoms with Crippen molar-refractivity contribution in [3.05, 3.63) is 12.3 Å². The second kappa shape index (κ2) is 5.71. The molecular formula is C13H20N4O2. The molecule has 1 aliphatic heterocycles. The number of rotatable bonds is 5. The molecule has 0 aromatic carbocycles. The van der Waals surface area contributed by atoms with Crippen LogP contribution in [0.2, 0.25) is 0 Å². The van der Waals surface area contributed by atoms with E-state index in [1.54, 1.807) is 19.4 Å². The summed E-state index contributed by atoms with van der Waals surface area (Å²) in [4.78, 5) is 10.9. The molecule has 2 aliphatic rings. The zero-order valence-corrected chi connectivity index (χ0v) is 11.2. The highest BCUT2D eigenvalue weighted by molar-refractivity contribution is 5.27. The molecule has 19 heavy (non-hydrogen) atoms.